The molecule has 3 rings (SSSR count). The van der Waals surface area contributed by atoms with Crippen LogP contribution in [0.5, 0.6) is 0 Å². The number of hydrazine groups is 1. The molecule has 1 unspecified atom stereocenters. The highest BCUT2D eigenvalue weighted by Gasteiger charge is 2.18. The fourth-order valence-corrected chi connectivity index (χ4v) is 3.39. The van der Waals surface area contributed by atoms with E-state index in [-0.39, 0.29) is 18.9 Å². The molecule has 1 heterocycles. The monoisotopic (exact) mass is 417 g/mol. The molecule has 0 radical (unpaired) electrons. The van der Waals surface area contributed by atoms with Crippen molar-refractivity contribution in [2.24, 2.45) is 11.1 Å². The molecule has 162 valence electrons. The molecule has 0 aliphatic carbocycles. The van der Waals surface area contributed by atoms with E-state index in [1.807, 2.05) is 29.2 Å². The zero-order chi connectivity index (χ0) is 21.3. The largest absolute Gasteiger partial charge is 0.399 e. The SMILES string of the molecule is NCC(CNc1ccc(N2CCNN(Cc3cccc(N)c3)CC2)c(F)c1)ON=O. The van der Waals surface area contributed by atoms with Gasteiger partial charge in [-0.15, -0.1) is 4.91 Å². The average molecular weight is 417 g/mol. The van der Waals surface area contributed by atoms with Crippen LogP contribution >= 0.6 is 0 Å². The lowest BCUT2D eigenvalue weighted by Crippen LogP contribution is -2.38. The molecule has 0 amide bonds. The summed E-state index contributed by atoms with van der Waals surface area (Å²) >= 11 is 0. The second-order valence-corrected chi connectivity index (χ2v) is 7.15. The zero-order valence-corrected chi connectivity index (χ0v) is 16.8. The predicted molar refractivity (Wildman–Crippen MR) is 116 cm³/mol. The Morgan fingerprint density at radius 1 is 1.23 bits per heavy atom. The van der Waals surface area contributed by atoms with Gasteiger partial charge in [-0.05, 0) is 35.9 Å². The molecule has 1 aliphatic rings. The average Bonchev–Trinajstić information content (AvgIpc) is 2.97. The van der Waals surface area contributed by atoms with Crippen LogP contribution in [0.3, 0.4) is 0 Å². The molecule has 0 saturated carbocycles. The first-order chi connectivity index (χ1) is 14.6. The Balaban J connectivity index is 1.57. The summed E-state index contributed by atoms with van der Waals surface area (Å²) in [6.07, 6.45) is -0.562. The minimum absolute atomic E-state index is 0.131. The lowest BCUT2D eigenvalue weighted by atomic mass is 10.2. The highest BCUT2D eigenvalue weighted by Crippen LogP contribution is 2.23. The summed E-state index contributed by atoms with van der Waals surface area (Å²) in [5.41, 5.74) is 17.7. The molecule has 1 saturated heterocycles. The van der Waals surface area contributed by atoms with Crippen molar-refractivity contribution in [3.63, 3.8) is 0 Å². The van der Waals surface area contributed by atoms with Crippen LogP contribution < -0.4 is 27.1 Å². The zero-order valence-electron chi connectivity index (χ0n) is 16.8. The highest BCUT2D eigenvalue weighted by atomic mass is 19.1. The summed E-state index contributed by atoms with van der Waals surface area (Å²) in [7, 11) is 0. The van der Waals surface area contributed by atoms with Crippen molar-refractivity contribution in [1.82, 2.24) is 10.4 Å². The van der Waals surface area contributed by atoms with E-state index < -0.39 is 6.10 Å². The fraction of sp³-hybridized carbons (Fsp3) is 0.400. The van der Waals surface area contributed by atoms with Crippen LogP contribution in [0.1, 0.15) is 5.56 Å². The van der Waals surface area contributed by atoms with Crippen molar-refractivity contribution < 1.29 is 9.23 Å². The first-order valence-corrected chi connectivity index (χ1v) is 9.89. The summed E-state index contributed by atoms with van der Waals surface area (Å²) in [6, 6.07) is 12.8. The van der Waals surface area contributed by atoms with Gasteiger partial charge >= 0.3 is 0 Å². The number of nitrogen functional groups attached to an aromatic ring is 1. The van der Waals surface area contributed by atoms with Crippen molar-refractivity contribution in [3.8, 4) is 0 Å². The van der Waals surface area contributed by atoms with Gasteiger partial charge in [0.05, 0.1) is 12.2 Å². The molecule has 2 aromatic carbocycles. The highest BCUT2D eigenvalue weighted by molar-refractivity contribution is 5.56. The summed E-state index contributed by atoms with van der Waals surface area (Å²) in [5, 5.41) is 7.52. The van der Waals surface area contributed by atoms with Crippen molar-refractivity contribution >= 4 is 17.1 Å². The van der Waals surface area contributed by atoms with Gasteiger partial charge in [-0.25, -0.2) is 9.40 Å². The van der Waals surface area contributed by atoms with Crippen molar-refractivity contribution in [2.45, 2.75) is 12.6 Å². The number of benzene rings is 2. The van der Waals surface area contributed by atoms with Crippen LogP contribution in [0, 0.1) is 10.7 Å². The normalized spacial score (nSPS) is 16.0. The molecular formula is C20H28FN7O2. The molecule has 6 N–H and O–H groups in total. The number of rotatable bonds is 9. The molecular weight excluding hydrogens is 389 g/mol. The van der Waals surface area contributed by atoms with Gasteiger partial charge in [-0.3, -0.25) is 5.43 Å². The third-order valence-electron chi connectivity index (χ3n) is 4.96. The van der Waals surface area contributed by atoms with Crippen molar-refractivity contribution in [3.05, 3.63) is 58.8 Å². The number of hydrogen-bond donors (Lipinski definition) is 4. The summed E-state index contributed by atoms with van der Waals surface area (Å²) in [5.74, 6) is -0.317. The lowest BCUT2D eigenvalue weighted by Gasteiger charge is -2.24. The third kappa shape index (κ3) is 6.02. The van der Waals surface area contributed by atoms with Crippen LogP contribution in [0.25, 0.3) is 0 Å². The van der Waals surface area contributed by atoms with Crippen LogP contribution in [0.2, 0.25) is 0 Å². The molecule has 0 aromatic heterocycles. The Morgan fingerprint density at radius 2 is 2.10 bits per heavy atom. The Morgan fingerprint density at radius 3 is 2.83 bits per heavy atom. The Hall–Kier alpha value is -2.95. The van der Waals surface area contributed by atoms with E-state index in [2.05, 4.69) is 25.9 Å². The molecule has 0 bridgehead atoms. The maximum atomic E-state index is 14.8. The number of hydrogen-bond acceptors (Lipinski definition) is 9. The first-order valence-electron chi connectivity index (χ1n) is 9.89. The van der Waals surface area contributed by atoms with Crippen LogP contribution in [0.4, 0.5) is 21.5 Å². The van der Waals surface area contributed by atoms with Gasteiger partial charge in [-0.1, -0.05) is 12.1 Å². The standard InChI is InChI=1S/C20H28FN7O2/c21-19-11-17(24-13-18(12-22)30-26-29)4-5-20(19)27-7-6-25-28(9-8-27)14-15-2-1-3-16(23)10-15/h1-5,10-11,18,24-25H,6-9,12-14,22-23H2. The van der Waals surface area contributed by atoms with Crippen LogP contribution in [-0.4, -0.2) is 50.4 Å². The quantitative estimate of drug-likeness (QED) is 0.276. The second-order valence-electron chi connectivity index (χ2n) is 7.15. The van der Waals surface area contributed by atoms with E-state index in [4.69, 9.17) is 11.5 Å². The minimum Gasteiger partial charge on any atom is -0.399 e. The van der Waals surface area contributed by atoms with Crippen LogP contribution in [-0.2, 0) is 11.4 Å². The predicted octanol–water partition coefficient (Wildman–Crippen LogP) is 1.67. The van der Waals surface area contributed by atoms with E-state index in [0.29, 0.717) is 31.0 Å². The number of nitrogens with zero attached hydrogens (tertiary/aromatic N) is 3. The Kier molecular flexibility index (Phi) is 7.77. The van der Waals surface area contributed by atoms with Crippen molar-refractivity contribution in [2.75, 3.05) is 55.2 Å². The fourth-order valence-electron chi connectivity index (χ4n) is 3.39. The number of anilines is 3. The molecule has 1 fully saturated rings. The first kappa shape index (κ1) is 21.8. The molecule has 9 nitrogen and oxygen atoms in total. The summed E-state index contributed by atoms with van der Waals surface area (Å²) in [6.45, 7) is 3.93. The van der Waals surface area contributed by atoms with E-state index in [9.17, 15) is 9.30 Å². The van der Waals surface area contributed by atoms with E-state index >= 15 is 0 Å². The molecule has 10 heteroatoms. The van der Waals surface area contributed by atoms with Gasteiger partial charge in [0.1, 0.15) is 5.82 Å². The molecule has 30 heavy (non-hydrogen) atoms. The smallest absolute Gasteiger partial charge is 0.160 e. The van der Waals surface area contributed by atoms with Gasteiger partial charge in [0, 0.05) is 50.6 Å². The van der Waals surface area contributed by atoms with Gasteiger partial charge in [0.25, 0.3) is 0 Å². The Labute approximate surface area is 175 Å². The van der Waals surface area contributed by atoms with E-state index in [1.165, 1.54) is 6.07 Å². The van der Waals surface area contributed by atoms with Gasteiger partial charge in [0.2, 0.25) is 0 Å². The van der Waals surface area contributed by atoms with E-state index in [0.717, 1.165) is 24.3 Å². The molecule has 2 aromatic rings. The maximum absolute atomic E-state index is 14.8. The third-order valence-corrected chi connectivity index (χ3v) is 4.96. The van der Waals surface area contributed by atoms with Gasteiger partial charge in [-0.2, -0.15) is 0 Å². The topological polar surface area (TPSA) is 121 Å². The summed E-state index contributed by atoms with van der Waals surface area (Å²) in [4.78, 5) is 16.8. The van der Waals surface area contributed by atoms with Crippen molar-refractivity contribution in [1.29, 1.82) is 0 Å². The number of nitrogens with two attached hydrogens (primary N) is 2. The van der Waals surface area contributed by atoms with Gasteiger partial charge < -0.3 is 26.5 Å². The Bertz CT molecular complexity index is 839. The number of halogens is 1. The summed E-state index contributed by atoms with van der Waals surface area (Å²) < 4.78 is 14.8. The molecule has 1 atom stereocenters. The van der Waals surface area contributed by atoms with Crippen LogP contribution in [0.15, 0.2) is 47.8 Å². The maximum Gasteiger partial charge on any atom is 0.160 e. The lowest BCUT2D eigenvalue weighted by molar-refractivity contribution is 0.0704. The van der Waals surface area contributed by atoms with E-state index in [1.54, 1.807) is 12.1 Å². The second kappa shape index (κ2) is 10.7. The molecule has 1 aliphatic heterocycles. The molecule has 0 spiro atoms. The van der Waals surface area contributed by atoms with Gasteiger partial charge in [0.15, 0.2) is 11.4 Å². The minimum atomic E-state index is -0.562. The number of nitrogens with one attached hydrogen (secondary N) is 2.